The summed E-state index contributed by atoms with van der Waals surface area (Å²) in [6.45, 7) is -0.463. The molecule has 1 N–H and O–H groups in total. The lowest BCUT2D eigenvalue weighted by atomic mass is 10.2. The second kappa shape index (κ2) is 8.14. The van der Waals surface area contributed by atoms with Gasteiger partial charge in [-0.2, -0.15) is 4.31 Å². The lowest BCUT2D eigenvalue weighted by Gasteiger charge is -2.20. The Morgan fingerprint density at radius 1 is 1.16 bits per heavy atom. The van der Waals surface area contributed by atoms with E-state index < -0.39 is 28.3 Å². The van der Waals surface area contributed by atoms with Gasteiger partial charge in [-0.15, -0.1) is 0 Å². The molecule has 0 saturated heterocycles. The predicted octanol–water partition coefficient (Wildman–Crippen LogP) is 3.53. The molecule has 0 fully saturated rings. The van der Waals surface area contributed by atoms with E-state index in [0.717, 1.165) is 16.6 Å². The van der Waals surface area contributed by atoms with Gasteiger partial charge in [-0.1, -0.05) is 41.4 Å². The fraction of sp³-hybridized carbons (Fsp3) is 0.188. The molecule has 0 heterocycles. The van der Waals surface area contributed by atoms with Crippen molar-refractivity contribution in [3.63, 3.8) is 0 Å². The highest BCUT2D eigenvalue weighted by molar-refractivity contribution is 7.88. The SMILES string of the molecule is CS(=O)(=O)N(CC(=O)Nc1ccc(F)c(Cl)c1)Cc1ccccc1Cl. The zero-order chi connectivity index (χ0) is 18.6. The molecule has 134 valence electrons. The molecule has 0 atom stereocenters. The zero-order valence-corrected chi connectivity index (χ0v) is 15.5. The molecule has 1 amide bonds. The summed E-state index contributed by atoms with van der Waals surface area (Å²) in [6.07, 6.45) is 1.01. The molecule has 2 aromatic rings. The molecule has 0 aliphatic rings. The average molecular weight is 405 g/mol. The van der Waals surface area contributed by atoms with E-state index in [-0.39, 0.29) is 17.3 Å². The van der Waals surface area contributed by atoms with Crippen molar-refractivity contribution >= 4 is 44.8 Å². The number of hydrogen-bond acceptors (Lipinski definition) is 3. The fourth-order valence-corrected chi connectivity index (χ4v) is 3.14. The fourth-order valence-electron chi connectivity index (χ4n) is 2.04. The van der Waals surface area contributed by atoms with Gasteiger partial charge in [0, 0.05) is 17.3 Å². The van der Waals surface area contributed by atoms with Crippen LogP contribution in [0.3, 0.4) is 0 Å². The molecule has 0 aliphatic carbocycles. The maximum atomic E-state index is 13.1. The van der Waals surface area contributed by atoms with Crippen LogP contribution in [0, 0.1) is 5.82 Å². The Morgan fingerprint density at radius 3 is 2.44 bits per heavy atom. The standard InChI is InChI=1S/C16H15Cl2FN2O3S/c1-25(23,24)21(9-11-4-2-3-5-13(11)17)10-16(22)20-12-6-7-15(19)14(18)8-12/h2-8H,9-10H2,1H3,(H,20,22). The largest absolute Gasteiger partial charge is 0.325 e. The molecule has 5 nitrogen and oxygen atoms in total. The second-order valence-corrected chi connectivity index (χ2v) is 8.10. The quantitative estimate of drug-likeness (QED) is 0.800. The predicted molar refractivity (Wildman–Crippen MR) is 96.7 cm³/mol. The van der Waals surface area contributed by atoms with Crippen molar-refractivity contribution < 1.29 is 17.6 Å². The van der Waals surface area contributed by atoms with E-state index in [1.807, 2.05) is 0 Å². The average Bonchev–Trinajstić information content (AvgIpc) is 2.51. The Bertz CT molecular complexity index is 891. The Balaban J connectivity index is 2.13. The lowest BCUT2D eigenvalue weighted by molar-refractivity contribution is -0.116. The van der Waals surface area contributed by atoms with Crippen molar-refractivity contribution in [3.8, 4) is 0 Å². The summed E-state index contributed by atoms with van der Waals surface area (Å²) in [5, 5.41) is 2.74. The summed E-state index contributed by atoms with van der Waals surface area (Å²) in [4.78, 5) is 12.2. The smallest absolute Gasteiger partial charge is 0.239 e. The van der Waals surface area contributed by atoms with E-state index in [1.54, 1.807) is 24.3 Å². The number of halogens is 3. The summed E-state index contributed by atoms with van der Waals surface area (Å²) < 4.78 is 38.1. The van der Waals surface area contributed by atoms with Gasteiger partial charge in [0.05, 0.1) is 17.8 Å². The molecular weight excluding hydrogens is 390 g/mol. The first-order valence-corrected chi connectivity index (χ1v) is 9.70. The summed E-state index contributed by atoms with van der Waals surface area (Å²) in [5.41, 5.74) is 0.842. The number of carbonyl (C=O) groups is 1. The first kappa shape index (κ1) is 19.7. The molecule has 9 heteroatoms. The lowest BCUT2D eigenvalue weighted by Crippen LogP contribution is -2.37. The number of nitrogens with zero attached hydrogens (tertiary/aromatic N) is 1. The first-order chi connectivity index (χ1) is 11.7. The third-order valence-corrected chi connectivity index (χ3v) is 5.15. The van der Waals surface area contributed by atoms with Crippen LogP contribution in [0.25, 0.3) is 0 Å². The number of nitrogens with one attached hydrogen (secondary N) is 1. The highest BCUT2D eigenvalue weighted by Crippen LogP contribution is 2.20. The van der Waals surface area contributed by atoms with Gasteiger partial charge in [0.1, 0.15) is 5.82 Å². The van der Waals surface area contributed by atoms with Crippen LogP contribution >= 0.6 is 23.2 Å². The van der Waals surface area contributed by atoms with Crippen LogP contribution < -0.4 is 5.32 Å². The van der Waals surface area contributed by atoms with Gasteiger partial charge in [-0.25, -0.2) is 12.8 Å². The summed E-state index contributed by atoms with van der Waals surface area (Å²) in [5.74, 6) is -1.20. The van der Waals surface area contributed by atoms with Crippen molar-refractivity contribution in [2.45, 2.75) is 6.54 Å². The topological polar surface area (TPSA) is 66.5 Å². The molecule has 25 heavy (non-hydrogen) atoms. The van der Waals surface area contributed by atoms with Gasteiger partial charge in [-0.3, -0.25) is 4.79 Å². The molecule has 0 bridgehead atoms. The molecule has 2 aromatic carbocycles. The van der Waals surface area contributed by atoms with Gasteiger partial charge in [0.2, 0.25) is 15.9 Å². The van der Waals surface area contributed by atoms with Gasteiger partial charge in [0.15, 0.2) is 0 Å². The number of carbonyl (C=O) groups excluding carboxylic acids is 1. The van der Waals surface area contributed by atoms with Crippen molar-refractivity contribution in [3.05, 3.63) is 63.9 Å². The molecule has 0 aliphatic heterocycles. The molecule has 0 spiro atoms. The second-order valence-electron chi connectivity index (χ2n) is 5.30. The minimum Gasteiger partial charge on any atom is -0.325 e. The van der Waals surface area contributed by atoms with Crippen molar-refractivity contribution in [1.29, 1.82) is 0 Å². The molecule has 2 rings (SSSR count). The first-order valence-electron chi connectivity index (χ1n) is 7.10. The number of hydrogen-bond donors (Lipinski definition) is 1. The number of anilines is 1. The van der Waals surface area contributed by atoms with Crippen LogP contribution in [-0.4, -0.2) is 31.4 Å². The summed E-state index contributed by atoms with van der Waals surface area (Å²) in [6, 6.07) is 10.4. The van der Waals surface area contributed by atoms with E-state index >= 15 is 0 Å². The molecular formula is C16H15Cl2FN2O3S. The minimum atomic E-state index is -3.65. The van der Waals surface area contributed by atoms with Crippen molar-refractivity contribution in [1.82, 2.24) is 4.31 Å². The number of amides is 1. The monoisotopic (exact) mass is 404 g/mol. The molecule has 0 aromatic heterocycles. The zero-order valence-electron chi connectivity index (χ0n) is 13.2. The normalized spacial score (nSPS) is 11.6. The molecule has 0 radical (unpaired) electrons. The van der Waals surface area contributed by atoms with Crippen LogP contribution in [0.4, 0.5) is 10.1 Å². The maximum Gasteiger partial charge on any atom is 0.239 e. The Morgan fingerprint density at radius 2 is 1.84 bits per heavy atom. The minimum absolute atomic E-state index is 0.0455. The van der Waals surface area contributed by atoms with Crippen LogP contribution in [0.2, 0.25) is 10.0 Å². The van der Waals surface area contributed by atoms with Crippen LogP contribution in [0.5, 0.6) is 0 Å². The van der Waals surface area contributed by atoms with Gasteiger partial charge < -0.3 is 5.32 Å². The number of benzene rings is 2. The molecule has 0 unspecified atom stereocenters. The van der Waals surface area contributed by atoms with Gasteiger partial charge in [0.25, 0.3) is 0 Å². The highest BCUT2D eigenvalue weighted by Gasteiger charge is 2.21. The van der Waals surface area contributed by atoms with E-state index in [1.165, 1.54) is 12.1 Å². The third-order valence-electron chi connectivity index (χ3n) is 3.30. The van der Waals surface area contributed by atoms with E-state index in [0.29, 0.717) is 10.6 Å². The maximum absolute atomic E-state index is 13.1. The van der Waals surface area contributed by atoms with Gasteiger partial charge >= 0.3 is 0 Å². The van der Waals surface area contributed by atoms with E-state index in [2.05, 4.69) is 5.32 Å². The van der Waals surface area contributed by atoms with Crippen LogP contribution in [-0.2, 0) is 21.4 Å². The van der Waals surface area contributed by atoms with Gasteiger partial charge in [-0.05, 0) is 29.8 Å². The Labute approximate surface area is 155 Å². The van der Waals surface area contributed by atoms with E-state index in [4.69, 9.17) is 23.2 Å². The summed E-state index contributed by atoms with van der Waals surface area (Å²) >= 11 is 11.7. The van der Waals surface area contributed by atoms with Crippen molar-refractivity contribution in [2.24, 2.45) is 0 Å². The van der Waals surface area contributed by atoms with Crippen LogP contribution in [0.15, 0.2) is 42.5 Å². The molecule has 0 saturated carbocycles. The highest BCUT2D eigenvalue weighted by atomic mass is 35.5. The number of sulfonamides is 1. The third kappa shape index (κ3) is 5.67. The van der Waals surface area contributed by atoms with Crippen LogP contribution in [0.1, 0.15) is 5.56 Å². The van der Waals surface area contributed by atoms with E-state index in [9.17, 15) is 17.6 Å². The number of rotatable bonds is 6. The van der Waals surface area contributed by atoms with Crippen molar-refractivity contribution in [2.75, 3.05) is 18.1 Å². The Hall–Kier alpha value is -1.67. The summed E-state index contributed by atoms with van der Waals surface area (Å²) in [7, 11) is -3.65. The Kier molecular flexibility index (Phi) is 6.40.